The van der Waals surface area contributed by atoms with Crippen molar-refractivity contribution in [2.45, 2.75) is 6.54 Å². The van der Waals surface area contributed by atoms with Gasteiger partial charge in [-0.1, -0.05) is 40.4 Å². The maximum Gasteiger partial charge on any atom is 0.258 e. The number of aromatic nitrogens is 6. The predicted molar refractivity (Wildman–Crippen MR) is 137 cm³/mol. The Labute approximate surface area is 216 Å². The van der Waals surface area contributed by atoms with Crippen molar-refractivity contribution in [2.24, 2.45) is 0 Å². The Kier molecular flexibility index (Phi) is 6.66. The molecule has 0 saturated carbocycles. The number of anilines is 1. The Morgan fingerprint density at radius 2 is 1.69 bits per heavy atom. The molecule has 5 aromatic rings. The number of hydrogen-bond acceptors (Lipinski definition) is 6. The van der Waals surface area contributed by atoms with Crippen molar-refractivity contribution >= 4 is 35.1 Å². The molecular weight excluding hydrogens is 501 g/mol. The molecule has 0 spiro atoms. The number of nitrogens with zero attached hydrogens (tertiary/aromatic N) is 5. The van der Waals surface area contributed by atoms with Gasteiger partial charge in [0.25, 0.3) is 5.91 Å². The normalized spacial score (nSPS) is 10.9. The van der Waals surface area contributed by atoms with E-state index < -0.39 is 0 Å². The van der Waals surface area contributed by atoms with Crippen LogP contribution in [0.25, 0.3) is 22.5 Å². The van der Waals surface area contributed by atoms with Crippen molar-refractivity contribution in [1.82, 2.24) is 30.4 Å². The summed E-state index contributed by atoms with van der Waals surface area (Å²) in [6, 6.07) is 22.3. The van der Waals surface area contributed by atoms with Gasteiger partial charge in [-0.2, -0.15) is 5.10 Å². The number of amides is 1. The second kappa shape index (κ2) is 10.2. The number of aromatic amines is 1. The number of halogens is 2. The highest BCUT2D eigenvalue weighted by Crippen LogP contribution is 2.31. The molecular formula is C25H19Cl2N7O2. The zero-order chi connectivity index (χ0) is 25.1. The third-order valence-corrected chi connectivity index (χ3v) is 5.89. The highest BCUT2D eigenvalue weighted by molar-refractivity contribution is 6.35. The van der Waals surface area contributed by atoms with E-state index in [2.05, 4.69) is 25.9 Å². The lowest BCUT2D eigenvalue weighted by Crippen LogP contribution is -2.13. The molecule has 0 unspecified atom stereocenters. The molecule has 0 radical (unpaired) electrons. The number of rotatable bonds is 7. The summed E-state index contributed by atoms with van der Waals surface area (Å²) >= 11 is 12.5. The van der Waals surface area contributed by atoms with Crippen LogP contribution in [0.15, 0.2) is 72.8 Å². The summed E-state index contributed by atoms with van der Waals surface area (Å²) < 4.78 is 7.20. The molecule has 2 heterocycles. The molecule has 0 saturated heterocycles. The summed E-state index contributed by atoms with van der Waals surface area (Å²) in [5.74, 6) is 0.623. The molecule has 1 amide bonds. The summed E-state index contributed by atoms with van der Waals surface area (Å²) in [6.45, 7) is 0.476. The molecule has 180 valence electrons. The maximum absolute atomic E-state index is 12.4. The average Bonchev–Trinajstić information content (AvgIpc) is 3.54. The highest BCUT2D eigenvalue weighted by atomic mass is 35.5. The second-order valence-corrected chi connectivity index (χ2v) is 8.73. The standard InChI is InChI=1S/C25H19Cl2N7O2/c1-36-21-8-6-16(7-9-21)23-13-22(18-10-19(26)12-20(27)11-18)31-34(23)14-15-2-4-17(5-3-15)24(35)28-25-29-32-33-30-25/h2-13H,14H2,1H3,(H2,28,29,30,32,33,35). The maximum atomic E-state index is 12.4. The molecule has 36 heavy (non-hydrogen) atoms. The molecule has 2 aromatic heterocycles. The number of tetrazole rings is 1. The number of carbonyl (C=O) groups excluding carboxylic acids is 1. The van der Waals surface area contributed by atoms with Crippen LogP contribution in [0.2, 0.25) is 10.0 Å². The quantitative estimate of drug-likeness (QED) is 0.300. The van der Waals surface area contributed by atoms with Crippen LogP contribution in [-0.2, 0) is 6.54 Å². The van der Waals surface area contributed by atoms with Crippen LogP contribution in [0, 0.1) is 0 Å². The number of nitrogens with one attached hydrogen (secondary N) is 2. The van der Waals surface area contributed by atoms with Gasteiger partial charge in [-0.15, -0.1) is 0 Å². The minimum Gasteiger partial charge on any atom is -0.497 e. The van der Waals surface area contributed by atoms with Gasteiger partial charge >= 0.3 is 0 Å². The molecule has 9 nitrogen and oxygen atoms in total. The number of hydrogen-bond donors (Lipinski definition) is 2. The molecule has 5 rings (SSSR count). The Morgan fingerprint density at radius 1 is 0.972 bits per heavy atom. The van der Waals surface area contributed by atoms with Crippen molar-refractivity contribution in [3.05, 3.63) is 94.0 Å². The van der Waals surface area contributed by atoms with E-state index in [-0.39, 0.29) is 11.9 Å². The van der Waals surface area contributed by atoms with Gasteiger partial charge in [0.2, 0.25) is 5.95 Å². The van der Waals surface area contributed by atoms with E-state index in [1.165, 1.54) is 0 Å². The number of H-pyrrole nitrogens is 1. The zero-order valence-electron chi connectivity index (χ0n) is 18.9. The van der Waals surface area contributed by atoms with Gasteiger partial charge in [0, 0.05) is 26.7 Å². The van der Waals surface area contributed by atoms with Crippen LogP contribution in [0.3, 0.4) is 0 Å². The third-order valence-electron chi connectivity index (χ3n) is 5.45. The SMILES string of the molecule is COc1ccc(-c2cc(-c3cc(Cl)cc(Cl)c3)nn2Cc2ccc(C(=O)Nc3nnn[nH]3)cc2)cc1. The summed E-state index contributed by atoms with van der Waals surface area (Å²) in [6.07, 6.45) is 0. The fourth-order valence-electron chi connectivity index (χ4n) is 3.70. The van der Waals surface area contributed by atoms with Gasteiger partial charge in [-0.05, 0) is 76.7 Å². The Bertz CT molecular complexity index is 1480. The molecule has 0 fully saturated rings. The van der Waals surface area contributed by atoms with E-state index >= 15 is 0 Å². The molecule has 0 aliphatic rings. The van der Waals surface area contributed by atoms with Gasteiger partial charge in [0.1, 0.15) is 5.75 Å². The van der Waals surface area contributed by atoms with Crippen LogP contribution in [0.5, 0.6) is 5.75 Å². The minimum absolute atomic E-state index is 0.179. The molecule has 0 aliphatic heterocycles. The first kappa shape index (κ1) is 23.5. The number of ether oxygens (including phenoxy) is 1. The largest absolute Gasteiger partial charge is 0.497 e. The summed E-state index contributed by atoms with van der Waals surface area (Å²) in [5, 5.41) is 21.5. The fraction of sp³-hybridized carbons (Fsp3) is 0.0800. The van der Waals surface area contributed by atoms with E-state index in [1.807, 2.05) is 59.3 Å². The van der Waals surface area contributed by atoms with Gasteiger partial charge in [-0.25, -0.2) is 5.10 Å². The van der Waals surface area contributed by atoms with Crippen LogP contribution >= 0.6 is 23.2 Å². The number of carbonyl (C=O) groups is 1. The fourth-order valence-corrected chi connectivity index (χ4v) is 4.23. The van der Waals surface area contributed by atoms with E-state index in [9.17, 15) is 4.79 Å². The van der Waals surface area contributed by atoms with Crippen molar-refractivity contribution in [2.75, 3.05) is 12.4 Å². The third kappa shape index (κ3) is 5.22. The Morgan fingerprint density at radius 3 is 2.33 bits per heavy atom. The van der Waals surface area contributed by atoms with Gasteiger partial charge in [-0.3, -0.25) is 14.8 Å². The molecule has 0 atom stereocenters. The zero-order valence-corrected chi connectivity index (χ0v) is 20.5. The summed E-state index contributed by atoms with van der Waals surface area (Å²) in [5.41, 5.74) is 4.86. The molecule has 11 heteroatoms. The first-order chi connectivity index (χ1) is 17.5. The van der Waals surface area contributed by atoms with E-state index in [0.717, 1.165) is 33.8 Å². The van der Waals surface area contributed by atoms with Crippen molar-refractivity contribution in [1.29, 1.82) is 0 Å². The molecule has 0 bridgehead atoms. The van der Waals surface area contributed by atoms with E-state index in [0.29, 0.717) is 22.2 Å². The van der Waals surface area contributed by atoms with Crippen LogP contribution < -0.4 is 10.1 Å². The molecule has 0 aliphatic carbocycles. The van der Waals surface area contributed by atoms with Crippen LogP contribution in [0.4, 0.5) is 5.95 Å². The minimum atomic E-state index is -0.321. The summed E-state index contributed by atoms with van der Waals surface area (Å²) in [7, 11) is 1.63. The lowest BCUT2D eigenvalue weighted by atomic mass is 10.1. The Balaban J connectivity index is 1.45. The smallest absolute Gasteiger partial charge is 0.258 e. The molecule has 3 aromatic carbocycles. The lowest BCUT2D eigenvalue weighted by molar-refractivity contribution is 0.102. The van der Waals surface area contributed by atoms with Gasteiger partial charge < -0.3 is 4.74 Å². The van der Waals surface area contributed by atoms with E-state index in [4.69, 9.17) is 33.0 Å². The number of benzene rings is 3. The first-order valence-electron chi connectivity index (χ1n) is 10.8. The second-order valence-electron chi connectivity index (χ2n) is 7.86. The van der Waals surface area contributed by atoms with Gasteiger partial charge in [0.15, 0.2) is 0 Å². The number of methoxy groups -OCH3 is 1. The lowest BCUT2D eigenvalue weighted by Gasteiger charge is -2.09. The van der Waals surface area contributed by atoms with Crippen LogP contribution in [-0.4, -0.2) is 43.4 Å². The monoisotopic (exact) mass is 519 g/mol. The predicted octanol–water partition coefficient (Wildman–Crippen LogP) is 5.35. The highest BCUT2D eigenvalue weighted by Gasteiger charge is 2.14. The van der Waals surface area contributed by atoms with E-state index in [1.54, 1.807) is 25.3 Å². The summed E-state index contributed by atoms with van der Waals surface area (Å²) in [4.78, 5) is 12.4. The Hall–Kier alpha value is -4.21. The topological polar surface area (TPSA) is 111 Å². The van der Waals surface area contributed by atoms with Crippen molar-refractivity contribution in [3.8, 4) is 28.3 Å². The first-order valence-corrected chi connectivity index (χ1v) is 11.6. The van der Waals surface area contributed by atoms with Crippen LogP contribution in [0.1, 0.15) is 15.9 Å². The van der Waals surface area contributed by atoms with Crippen molar-refractivity contribution in [3.63, 3.8) is 0 Å². The average molecular weight is 520 g/mol. The van der Waals surface area contributed by atoms with Gasteiger partial charge in [0.05, 0.1) is 25.0 Å². The van der Waals surface area contributed by atoms with Crippen molar-refractivity contribution < 1.29 is 9.53 Å². The molecule has 2 N–H and O–H groups in total.